The fraction of sp³-hybridized carbons (Fsp3) is 0.0417. The van der Waals surface area contributed by atoms with Crippen LogP contribution in [-0.4, -0.2) is 20.9 Å². The minimum absolute atomic E-state index is 0.224. The van der Waals surface area contributed by atoms with Gasteiger partial charge in [-0.3, -0.25) is 4.79 Å². The molecule has 0 saturated carbocycles. The number of anilines is 1. The Morgan fingerprint density at radius 1 is 0.903 bits per heavy atom. The summed E-state index contributed by atoms with van der Waals surface area (Å²) in [5.74, 6) is -0.337. The summed E-state index contributed by atoms with van der Waals surface area (Å²) < 4.78 is 0. The Balaban J connectivity index is 1.54. The van der Waals surface area contributed by atoms with E-state index < -0.39 is 0 Å². The first-order chi connectivity index (χ1) is 15.0. The molecule has 0 spiro atoms. The molecule has 31 heavy (non-hydrogen) atoms. The summed E-state index contributed by atoms with van der Waals surface area (Å²) in [5, 5.41) is 14.9. The summed E-state index contributed by atoms with van der Waals surface area (Å²) in [7, 11) is 0. The van der Waals surface area contributed by atoms with E-state index in [1.807, 2.05) is 49.4 Å². The predicted molar refractivity (Wildman–Crippen MR) is 126 cm³/mol. The van der Waals surface area contributed by atoms with E-state index in [-0.39, 0.29) is 10.9 Å². The molecule has 5 rings (SSSR count). The summed E-state index contributed by atoms with van der Waals surface area (Å²) in [6.07, 6.45) is 0. The van der Waals surface area contributed by atoms with Crippen molar-refractivity contribution in [1.29, 1.82) is 0 Å². The molecule has 5 nitrogen and oxygen atoms in total. The lowest BCUT2D eigenvalue weighted by Crippen LogP contribution is -2.13. The van der Waals surface area contributed by atoms with Crippen LogP contribution < -0.4 is 5.32 Å². The van der Waals surface area contributed by atoms with Gasteiger partial charge in [-0.15, -0.1) is 15.0 Å². The third kappa shape index (κ3) is 3.52. The fourth-order valence-corrected chi connectivity index (χ4v) is 3.95. The van der Waals surface area contributed by atoms with Crippen LogP contribution in [0.2, 0.25) is 10.0 Å². The normalized spacial score (nSPS) is 11.2. The molecule has 152 valence electrons. The number of carbonyl (C=O) groups excluding carboxylic acids is 1. The molecule has 1 aromatic heterocycles. The van der Waals surface area contributed by atoms with Gasteiger partial charge in [0.15, 0.2) is 0 Å². The van der Waals surface area contributed by atoms with Crippen LogP contribution in [0.15, 0.2) is 72.8 Å². The second-order valence-corrected chi connectivity index (χ2v) is 7.98. The van der Waals surface area contributed by atoms with Gasteiger partial charge in [0.05, 0.1) is 21.3 Å². The lowest BCUT2D eigenvalue weighted by molar-refractivity contribution is 0.102. The van der Waals surface area contributed by atoms with E-state index >= 15 is 0 Å². The zero-order chi connectivity index (χ0) is 21.5. The molecule has 0 aliphatic heterocycles. The number of aryl methyl sites for hydroxylation is 1. The molecule has 1 heterocycles. The van der Waals surface area contributed by atoms with Crippen LogP contribution in [0, 0.1) is 6.92 Å². The average molecular weight is 447 g/mol. The maximum Gasteiger partial charge on any atom is 0.257 e. The van der Waals surface area contributed by atoms with Crippen molar-refractivity contribution in [3.8, 4) is 5.69 Å². The third-order valence-electron chi connectivity index (χ3n) is 5.15. The van der Waals surface area contributed by atoms with Crippen LogP contribution in [-0.2, 0) is 0 Å². The lowest BCUT2D eigenvalue weighted by atomic mass is 10.1. The van der Waals surface area contributed by atoms with Crippen molar-refractivity contribution in [2.24, 2.45) is 0 Å². The minimum atomic E-state index is -0.337. The van der Waals surface area contributed by atoms with E-state index in [9.17, 15) is 4.79 Å². The molecule has 0 bridgehead atoms. The van der Waals surface area contributed by atoms with E-state index in [1.54, 1.807) is 23.0 Å². The highest BCUT2D eigenvalue weighted by molar-refractivity contribution is 6.44. The van der Waals surface area contributed by atoms with Gasteiger partial charge in [0, 0.05) is 11.1 Å². The van der Waals surface area contributed by atoms with Gasteiger partial charge in [0.2, 0.25) is 0 Å². The topological polar surface area (TPSA) is 59.8 Å². The van der Waals surface area contributed by atoms with Crippen LogP contribution in [0.3, 0.4) is 0 Å². The Morgan fingerprint density at radius 3 is 2.45 bits per heavy atom. The number of fused-ring (bicyclic) bond motifs is 2. The number of hydrogen-bond donors (Lipinski definition) is 1. The summed E-state index contributed by atoms with van der Waals surface area (Å²) in [6.45, 7) is 1.91. The number of carbonyl (C=O) groups is 1. The first kappa shape index (κ1) is 19.5. The van der Waals surface area contributed by atoms with Crippen molar-refractivity contribution in [2.75, 3.05) is 5.32 Å². The third-order valence-corrected chi connectivity index (χ3v) is 5.97. The van der Waals surface area contributed by atoms with Crippen molar-refractivity contribution in [1.82, 2.24) is 15.0 Å². The van der Waals surface area contributed by atoms with Gasteiger partial charge in [-0.25, -0.2) is 0 Å². The zero-order valence-corrected chi connectivity index (χ0v) is 17.9. The monoisotopic (exact) mass is 446 g/mol. The summed E-state index contributed by atoms with van der Waals surface area (Å²) in [4.78, 5) is 14.4. The van der Waals surface area contributed by atoms with Gasteiger partial charge in [-0.2, -0.15) is 0 Å². The molecule has 0 fully saturated rings. The first-order valence-electron chi connectivity index (χ1n) is 9.62. The largest absolute Gasteiger partial charge is 0.322 e. The highest BCUT2D eigenvalue weighted by Gasteiger charge is 2.16. The standard InChI is InChI=1S/C24H16Cl2N4O/c1-14-12-20-21(13-19(14)27-24(31)17-9-5-10-18(25)23(17)26)29-30(28-20)22-11-4-7-15-6-2-3-8-16(15)22/h2-13H,1H3,(H,27,31). The second kappa shape index (κ2) is 7.69. The number of rotatable bonds is 3. The Labute approximate surface area is 188 Å². The summed E-state index contributed by atoms with van der Waals surface area (Å²) in [5.41, 5.74) is 4.12. The fourth-order valence-electron chi connectivity index (χ4n) is 3.56. The maximum absolute atomic E-state index is 12.8. The Kier molecular flexibility index (Phi) is 4.85. The molecule has 0 saturated heterocycles. The Morgan fingerprint density at radius 2 is 1.61 bits per heavy atom. The first-order valence-corrected chi connectivity index (χ1v) is 10.4. The van der Waals surface area contributed by atoms with E-state index in [0.29, 0.717) is 21.8 Å². The highest BCUT2D eigenvalue weighted by atomic mass is 35.5. The van der Waals surface area contributed by atoms with Gasteiger partial charge < -0.3 is 5.32 Å². The molecular weight excluding hydrogens is 431 g/mol. The average Bonchev–Trinajstić information content (AvgIpc) is 3.17. The molecular formula is C24H16Cl2N4O. The number of aromatic nitrogens is 3. The minimum Gasteiger partial charge on any atom is -0.322 e. The number of amides is 1. The van der Waals surface area contributed by atoms with Crippen molar-refractivity contribution < 1.29 is 4.79 Å². The number of benzene rings is 4. The van der Waals surface area contributed by atoms with Crippen LogP contribution in [0.25, 0.3) is 27.5 Å². The van der Waals surface area contributed by atoms with Crippen molar-refractivity contribution in [3.05, 3.63) is 94.0 Å². The Hall–Kier alpha value is -3.41. The van der Waals surface area contributed by atoms with E-state index in [4.69, 9.17) is 23.2 Å². The van der Waals surface area contributed by atoms with Crippen molar-refractivity contribution in [2.45, 2.75) is 6.92 Å². The molecule has 0 aliphatic rings. The number of hydrogen-bond acceptors (Lipinski definition) is 3. The smallest absolute Gasteiger partial charge is 0.257 e. The van der Waals surface area contributed by atoms with Gasteiger partial charge in [0.25, 0.3) is 5.91 Å². The quantitative estimate of drug-likeness (QED) is 0.346. The molecule has 0 radical (unpaired) electrons. The number of halogens is 2. The van der Waals surface area contributed by atoms with Gasteiger partial charge in [-0.1, -0.05) is 65.7 Å². The SMILES string of the molecule is Cc1cc2nn(-c3cccc4ccccc34)nc2cc1NC(=O)c1cccc(Cl)c1Cl. The van der Waals surface area contributed by atoms with Crippen molar-refractivity contribution >= 4 is 56.6 Å². The molecule has 4 aromatic carbocycles. The summed E-state index contributed by atoms with van der Waals surface area (Å²) in [6, 6.07) is 22.8. The molecule has 0 unspecified atom stereocenters. The number of nitrogens with zero attached hydrogens (tertiary/aromatic N) is 3. The second-order valence-electron chi connectivity index (χ2n) is 7.20. The molecule has 1 amide bonds. The molecule has 1 N–H and O–H groups in total. The highest BCUT2D eigenvalue weighted by Crippen LogP contribution is 2.28. The van der Waals surface area contributed by atoms with E-state index in [0.717, 1.165) is 27.5 Å². The molecule has 5 aromatic rings. The summed E-state index contributed by atoms with van der Waals surface area (Å²) >= 11 is 12.2. The lowest BCUT2D eigenvalue weighted by Gasteiger charge is -2.09. The zero-order valence-electron chi connectivity index (χ0n) is 16.4. The Bertz CT molecular complexity index is 1470. The van der Waals surface area contributed by atoms with Crippen LogP contribution in [0.4, 0.5) is 5.69 Å². The van der Waals surface area contributed by atoms with Gasteiger partial charge >= 0.3 is 0 Å². The van der Waals surface area contributed by atoms with E-state index in [2.05, 4.69) is 27.6 Å². The van der Waals surface area contributed by atoms with Crippen LogP contribution >= 0.6 is 23.2 Å². The molecule has 7 heteroatoms. The van der Waals surface area contributed by atoms with Gasteiger partial charge in [0.1, 0.15) is 11.0 Å². The van der Waals surface area contributed by atoms with Crippen LogP contribution in [0.5, 0.6) is 0 Å². The predicted octanol–water partition coefficient (Wildman–Crippen LogP) is 6.44. The van der Waals surface area contributed by atoms with Crippen LogP contribution in [0.1, 0.15) is 15.9 Å². The van der Waals surface area contributed by atoms with Crippen molar-refractivity contribution in [3.63, 3.8) is 0 Å². The maximum atomic E-state index is 12.8. The molecule has 0 atom stereocenters. The van der Waals surface area contributed by atoms with Gasteiger partial charge in [-0.05, 0) is 48.2 Å². The number of nitrogens with one attached hydrogen (secondary N) is 1. The molecule has 0 aliphatic carbocycles. The van der Waals surface area contributed by atoms with E-state index in [1.165, 1.54) is 0 Å².